The summed E-state index contributed by atoms with van der Waals surface area (Å²) >= 11 is -0.364. The Labute approximate surface area is 342 Å². The number of benzene rings is 4. The molecule has 4 aromatic heterocycles. The van der Waals surface area contributed by atoms with E-state index in [9.17, 15) is 4.39 Å². The second-order valence-corrected chi connectivity index (χ2v) is 26.9. The van der Waals surface area contributed by atoms with E-state index in [4.69, 9.17) is 9.10 Å². The van der Waals surface area contributed by atoms with Crippen molar-refractivity contribution in [3.63, 3.8) is 0 Å². The summed E-state index contributed by atoms with van der Waals surface area (Å²) in [6, 6.07) is 31.9. The summed E-state index contributed by atoms with van der Waals surface area (Å²) in [5, 5.41) is 2.38. The van der Waals surface area contributed by atoms with Crippen molar-refractivity contribution in [2.24, 2.45) is 5.92 Å². The van der Waals surface area contributed by atoms with Crippen LogP contribution in [0.4, 0.5) is 4.39 Å². The molecule has 0 spiro atoms. The van der Waals surface area contributed by atoms with Crippen LogP contribution in [-0.4, -0.2) is 32.8 Å². The monoisotopic (exact) mass is 974 g/mol. The van der Waals surface area contributed by atoms with E-state index in [0.29, 0.717) is 11.6 Å². The van der Waals surface area contributed by atoms with Gasteiger partial charge >= 0.3 is 140 Å². The van der Waals surface area contributed by atoms with E-state index in [0.717, 1.165) is 39.7 Å². The summed E-state index contributed by atoms with van der Waals surface area (Å²) < 4.78 is 41.5. The first-order chi connectivity index (χ1) is 26.5. The summed E-state index contributed by atoms with van der Waals surface area (Å²) in [5.74, 6) is 7.77. The Kier molecular flexibility index (Phi) is 10.6. The number of para-hydroxylation sites is 2. The number of hydrogen-bond acceptors (Lipinski definition) is 4. The van der Waals surface area contributed by atoms with Gasteiger partial charge in [0.1, 0.15) is 4.83 Å². The van der Waals surface area contributed by atoms with Crippen LogP contribution in [0, 0.1) is 51.5 Å². The van der Waals surface area contributed by atoms with E-state index in [2.05, 4.69) is 127 Å². The fraction of sp³-hybridized carbons (Fsp3) is 0.239. The van der Waals surface area contributed by atoms with E-state index in [1.54, 1.807) is 11.3 Å². The van der Waals surface area contributed by atoms with Crippen molar-refractivity contribution >= 4 is 60.3 Å². The van der Waals surface area contributed by atoms with Crippen LogP contribution in [0.1, 0.15) is 45.8 Å². The molecule has 8 heteroatoms. The van der Waals surface area contributed by atoms with Gasteiger partial charge in [0.25, 0.3) is 0 Å². The number of aromatic nitrogens is 4. The maximum absolute atomic E-state index is 14.5. The summed E-state index contributed by atoms with van der Waals surface area (Å²) in [4.78, 5) is 15.1. The first-order valence-corrected chi connectivity index (χ1v) is 26.1. The maximum Gasteiger partial charge on any atom is 0 e. The van der Waals surface area contributed by atoms with Crippen molar-refractivity contribution < 1.29 is 28.6 Å². The zero-order valence-corrected chi connectivity index (χ0v) is 37.2. The topological polar surface area (TPSA) is 43.6 Å². The molecule has 0 aliphatic heterocycles. The maximum atomic E-state index is 14.5. The third-order valence-electron chi connectivity index (χ3n) is 9.42. The van der Waals surface area contributed by atoms with Crippen LogP contribution >= 0.6 is 11.3 Å². The van der Waals surface area contributed by atoms with Gasteiger partial charge in [-0.1, -0.05) is 41.3 Å². The largest absolute Gasteiger partial charge is 0 e. The van der Waals surface area contributed by atoms with E-state index >= 15 is 0 Å². The average molecular weight is 973 g/mol. The van der Waals surface area contributed by atoms with Crippen LogP contribution in [-0.2, 0) is 26.5 Å². The Balaban J connectivity index is 0.000000195. The minimum atomic E-state index is -2.34. The van der Waals surface area contributed by atoms with E-state index in [1.807, 2.05) is 30.6 Å². The van der Waals surface area contributed by atoms with Gasteiger partial charge in [-0.15, -0.1) is 35.1 Å². The summed E-state index contributed by atoms with van der Waals surface area (Å²) in [7, 11) is 0. The molecule has 0 amide bonds. The van der Waals surface area contributed by atoms with Gasteiger partial charge in [0.15, 0.2) is 0 Å². The Bertz CT molecular complexity index is 2730. The first-order valence-electron chi connectivity index (χ1n) is 19.5. The fourth-order valence-electron chi connectivity index (χ4n) is 7.22. The zero-order chi connectivity index (χ0) is 40.1. The molecule has 4 heterocycles. The average Bonchev–Trinajstić information content (AvgIpc) is 3.69. The Morgan fingerprint density at radius 1 is 0.889 bits per heavy atom. The predicted molar refractivity (Wildman–Crippen MR) is 225 cm³/mol. The molecule has 0 atom stereocenters. The summed E-state index contributed by atoms with van der Waals surface area (Å²) in [6.45, 7) is 8.50. The summed E-state index contributed by atoms with van der Waals surface area (Å²) in [5.41, 5.74) is 9.97. The van der Waals surface area contributed by atoms with Gasteiger partial charge in [0.2, 0.25) is 0 Å². The molecule has 4 nitrogen and oxygen atoms in total. The van der Waals surface area contributed by atoms with Crippen molar-refractivity contribution in [3.8, 4) is 28.3 Å². The van der Waals surface area contributed by atoms with Crippen LogP contribution in [0.15, 0.2) is 91.3 Å². The number of aryl methyl sites for hydroxylation is 4. The van der Waals surface area contributed by atoms with Crippen LogP contribution in [0.5, 0.6) is 0 Å². The molecular weight excluding hydrogens is 924 g/mol. The van der Waals surface area contributed by atoms with Gasteiger partial charge < -0.3 is 4.57 Å². The molecule has 0 aliphatic rings. The van der Waals surface area contributed by atoms with Crippen LogP contribution < -0.4 is 4.40 Å². The van der Waals surface area contributed by atoms with Gasteiger partial charge in [-0.2, -0.15) is 0 Å². The third kappa shape index (κ3) is 8.01. The minimum absolute atomic E-state index is 0. The SMILES string of the molecule is Cc1cc(C)c(-n2c(-c3[c-]cc4c(c3)sc3ncccc34)nc3ccccc32)c(C)c1.[2H]C([2H])([2H])c1c[c-]c(-c2cc(CC(C)C)[c]([Ge]([CH3])([CH3])[CH3])cn2)c(F)c1.[Ir]. The van der Waals surface area contributed by atoms with Gasteiger partial charge in [-0.05, 0) is 60.2 Å². The van der Waals surface area contributed by atoms with Crippen molar-refractivity contribution in [1.82, 2.24) is 19.5 Å². The van der Waals surface area contributed by atoms with Gasteiger partial charge in [0.05, 0.1) is 16.9 Å². The number of halogens is 1. The number of rotatable bonds is 6. The molecule has 0 saturated heterocycles. The standard InChI is InChI=1S/C27H20N3S.C19H25FGeN.Ir/c1-16-13-17(2)25(18(3)14-16)30-23-9-5-4-8-22(23)29-26(30)19-10-11-20-21-7-6-12-28-27(21)31-24(20)15-19;1-13(2)9-15-11-19(22-12-18(15)21(4,5)6)16-8-7-14(3)10-17(16)20;/h4-9,11-15H,1-3H3;7,10-13H,9H2,1-6H3;/q2*-1;/i;3D3;. The Morgan fingerprint density at radius 2 is 1.65 bits per heavy atom. The van der Waals surface area contributed by atoms with E-state index in [-0.39, 0.29) is 31.2 Å². The molecule has 0 unspecified atom stereocenters. The number of hydrogen-bond donors (Lipinski definition) is 0. The quantitative estimate of drug-likeness (QED) is 0.123. The summed E-state index contributed by atoms with van der Waals surface area (Å²) in [6.07, 6.45) is 4.66. The van der Waals surface area contributed by atoms with Gasteiger partial charge in [-0.3, -0.25) is 4.98 Å². The molecule has 8 aromatic rings. The molecule has 0 bridgehead atoms. The fourth-order valence-corrected chi connectivity index (χ4v) is 11.6. The molecular formula is C46H45FGeIrN4S-2. The predicted octanol–water partition coefficient (Wildman–Crippen LogP) is 11.9. The third-order valence-corrected chi connectivity index (χ3v) is 14.8. The normalized spacial score (nSPS) is 12.7. The van der Waals surface area contributed by atoms with Crippen molar-refractivity contribution in [3.05, 3.63) is 137 Å². The van der Waals surface area contributed by atoms with Gasteiger partial charge in [-0.25, -0.2) is 4.98 Å². The molecule has 1 radical (unpaired) electrons. The first kappa shape index (κ1) is 35.7. The molecule has 0 fully saturated rings. The number of thiophene rings is 1. The Morgan fingerprint density at radius 3 is 2.35 bits per heavy atom. The van der Waals surface area contributed by atoms with E-state index < -0.39 is 25.9 Å². The molecule has 0 aliphatic carbocycles. The van der Waals surface area contributed by atoms with Crippen LogP contribution in [0.25, 0.3) is 59.7 Å². The number of imidazole rings is 1. The number of pyridine rings is 2. The molecule has 0 N–H and O–H groups in total. The van der Waals surface area contributed by atoms with Crippen molar-refractivity contribution in [2.75, 3.05) is 0 Å². The zero-order valence-electron chi connectivity index (χ0n) is 34.9. The van der Waals surface area contributed by atoms with Crippen LogP contribution in [0.3, 0.4) is 0 Å². The molecule has 54 heavy (non-hydrogen) atoms. The van der Waals surface area contributed by atoms with E-state index in [1.165, 1.54) is 53.9 Å². The van der Waals surface area contributed by atoms with Crippen molar-refractivity contribution in [2.45, 2.75) is 65.2 Å². The second-order valence-electron chi connectivity index (χ2n) is 15.3. The second kappa shape index (κ2) is 16.0. The minimum Gasteiger partial charge on any atom is 0 e. The van der Waals surface area contributed by atoms with Gasteiger partial charge in [0, 0.05) is 32.0 Å². The number of nitrogens with zero attached hydrogens (tertiary/aromatic N) is 4. The smallest absolute Gasteiger partial charge is 0 e. The molecule has 277 valence electrons. The number of fused-ring (bicyclic) bond motifs is 4. The molecule has 0 saturated carbocycles. The molecule has 4 aromatic carbocycles. The molecule has 8 rings (SSSR count). The van der Waals surface area contributed by atoms with Crippen LogP contribution in [0.2, 0.25) is 17.3 Å². The Hall–Kier alpha value is -4.01. The van der Waals surface area contributed by atoms with Crippen molar-refractivity contribution in [1.29, 1.82) is 0 Å².